The lowest BCUT2D eigenvalue weighted by atomic mass is 10.2. The van der Waals surface area contributed by atoms with Crippen LogP contribution in [-0.4, -0.2) is 14.6 Å². The molecule has 0 aliphatic rings. The summed E-state index contributed by atoms with van der Waals surface area (Å²) in [6, 6.07) is 14.1. The number of benzene rings is 1. The molecular formula is C13H13N5. The molecule has 3 rings (SSSR count). The maximum absolute atomic E-state index is 5.60. The van der Waals surface area contributed by atoms with Crippen LogP contribution in [0.4, 0.5) is 11.6 Å². The van der Waals surface area contributed by atoms with Crippen LogP contribution in [0.3, 0.4) is 0 Å². The van der Waals surface area contributed by atoms with E-state index in [-0.39, 0.29) is 5.95 Å². The lowest BCUT2D eigenvalue weighted by Crippen LogP contribution is -2.01. The average Bonchev–Trinajstić information content (AvgIpc) is 2.78. The summed E-state index contributed by atoms with van der Waals surface area (Å²) in [6.07, 6.45) is 1.83. The Morgan fingerprint density at radius 3 is 2.78 bits per heavy atom. The lowest BCUT2D eigenvalue weighted by molar-refractivity contribution is 0.966. The number of hydrogen-bond acceptors (Lipinski definition) is 4. The highest BCUT2D eigenvalue weighted by Gasteiger charge is 2.05. The van der Waals surface area contributed by atoms with Gasteiger partial charge in [-0.15, -0.1) is 5.10 Å². The van der Waals surface area contributed by atoms with Crippen molar-refractivity contribution in [1.29, 1.82) is 0 Å². The van der Waals surface area contributed by atoms with E-state index >= 15 is 0 Å². The number of anilines is 2. The maximum atomic E-state index is 5.60. The Hall–Kier alpha value is -2.56. The smallest absolute Gasteiger partial charge is 0.240 e. The van der Waals surface area contributed by atoms with E-state index in [1.165, 1.54) is 5.56 Å². The fourth-order valence-electron chi connectivity index (χ4n) is 1.85. The quantitative estimate of drug-likeness (QED) is 0.732. The monoisotopic (exact) mass is 239 g/mol. The molecule has 18 heavy (non-hydrogen) atoms. The van der Waals surface area contributed by atoms with Gasteiger partial charge in [0.15, 0.2) is 5.65 Å². The number of fused-ring (bicyclic) bond motifs is 1. The topological polar surface area (TPSA) is 68.2 Å². The van der Waals surface area contributed by atoms with Crippen molar-refractivity contribution in [3.05, 3.63) is 54.2 Å². The maximum Gasteiger partial charge on any atom is 0.240 e. The number of pyridine rings is 1. The molecule has 2 heterocycles. The Kier molecular flexibility index (Phi) is 2.57. The zero-order valence-corrected chi connectivity index (χ0v) is 9.74. The standard InChI is InChI=1S/C13H13N5/c14-13-16-12-11(7-4-8-18(12)17-13)15-9-10-5-2-1-3-6-10/h1-8,15H,9H2,(H2,14,17). The first-order valence-corrected chi connectivity index (χ1v) is 5.71. The highest BCUT2D eigenvalue weighted by molar-refractivity contribution is 5.68. The van der Waals surface area contributed by atoms with Crippen molar-refractivity contribution in [2.45, 2.75) is 6.54 Å². The molecule has 0 unspecified atom stereocenters. The van der Waals surface area contributed by atoms with Crippen molar-refractivity contribution < 1.29 is 0 Å². The lowest BCUT2D eigenvalue weighted by Gasteiger charge is -2.06. The summed E-state index contributed by atoms with van der Waals surface area (Å²) in [6.45, 7) is 0.743. The summed E-state index contributed by atoms with van der Waals surface area (Å²) < 4.78 is 1.67. The second kappa shape index (κ2) is 4.37. The van der Waals surface area contributed by atoms with Gasteiger partial charge >= 0.3 is 0 Å². The predicted octanol–water partition coefficient (Wildman–Crippen LogP) is 1.92. The summed E-state index contributed by atoms with van der Waals surface area (Å²) in [7, 11) is 0. The molecule has 0 spiro atoms. The molecule has 2 aromatic heterocycles. The first-order valence-electron chi connectivity index (χ1n) is 5.71. The van der Waals surface area contributed by atoms with Gasteiger partial charge in [0, 0.05) is 12.7 Å². The first-order chi connectivity index (χ1) is 8.83. The van der Waals surface area contributed by atoms with Crippen LogP contribution in [0.5, 0.6) is 0 Å². The molecule has 0 saturated heterocycles. The van der Waals surface area contributed by atoms with Gasteiger partial charge in [-0.05, 0) is 17.7 Å². The van der Waals surface area contributed by atoms with E-state index in [2.05, 4.69) is 27.5 Å². The molecule has 0 aliphatic heterocycles. The van der Waals surface area contributed by atoms with E-state index < -0.39 is 0 Å². The van der Waals surface area contributed by atoms with Crippen molar-refractivity contribution in [3.8, 4) is 0 Å². The van der Waals surface area contributed by atoms with Gasteiger partial charge in [-0.3, -0.25) is 0 Å². The molecule has 0 amide bonds. The third-order valence-corrected chi connectivity index (χ3v) is 2.70. The minimum Gasteiger partial charge on any atom is -0.378 e. The fourth-order valence-corrected chi connectivity index (χ4v) is 1.85. The Balaban J connectivity index is 1.86. The van der Waals surface area contributed by atoms with Crippen LogP contribution in [0, 0.1) is 0 Å². The Bertz CT molecular complexity index is 659. The molecule has 3 aromatic rings. The van der Waals surface area contributed by atoms with E-state index in [1.807, 2.05) is 36.5 Å². The van der Waals surface area contributed by atoms with Gasteiger partial charge in [-0.1, -0.05) is 30.3 Å². The molecule has 0 radical (unpaired) electrons. The molecule has 0 atom stereocenters. The second-order valence-corrected chi connectivity index (χ2v) is 4.00. The molecule has 1 aromatic carbocycles. The van der Waals surface area contributed by atoms with Crippen LogP contribution in [0.1, 0.15) is 5.56 Å². The summed E-state index contributed by atoms with van der Waals surface area (Å²) in [5.41, 5.74) is 8.47. The van der Waals surface area contributed by atoms with Crippen LogP contribution in [0.25, 0.3) is 5.65 Å². The predicted molar refractivity (Wildman–Crippen MR) is 71.2 cm³/mol. The van der Waals surface area contributed by atoms with Gasteiger partial charge in [0.05, 0.1) is 5.69 Å². The molecule has 3 N–H and O–H groups in total. The first kappa shape index (κ1) is 10.6. The third kappa shape index (κ3) is 1.98. The largest absolute Gasteiger partial charge is 0.378 e. The summed E-state index contributed by atoms with van der Waals surface area (Å²) >= 11 is 0. The number of aromatic nitrogens is 3. The van der Waals surface area contributed by atoms with Crippen LogP contribution < -0.4 is 11.1 Å². The summed E-state index contributed by atoms with van der Waals surface area (Å²) in [5.74, 6) is 0.281. The van der Waals surface area contributed by atoms with Crippen LogP contribution in [0.15, 0.2) is 48.7 Å². The molecular weight excluding hydrogens is 226 g/mol. The molecule has 5 nitrogen and oxygen atoms in total. The normalized spacial score (nSPS) is 10.7. The number of nitrogens with two attached hydrogens (primary N) is 1. The Labute approximate surface area is 104 Å². The number of nitrogens with one attached hydrogen (secondary N) is 1. The number of rotatable bonds is 3. The fraction of sp³-hybridized carbons (Fsp3) is 0.0769. The van der Waals surface area contributed by atoms with Gasteiger partial charge in [0.2, 0.25) is 5.95 Å². The van der Waals surface area contributed by atoms with E-state index in [0.29, 0.717) is 0 Å². The number of hydrogen-bond donors (Lipinski definition) is 2. The van der Waals surface area contributed by atoms with Gasteiger partial charge in [-0.2, -0.15) is 4.98 Å². The summed E-state index contributed by atoms with van der Waals surface area (Å²) in [5, 5.41) is 7.41. The zero-order valence-electron chi connectivity index (χ0n) is 9.74. The van der Waals surface area contributed by atoms with Crippen molar-refractivity contribution >= 4 is 17.3 Å². The average molecular weight is 239 g/mol. The van der Waals surface area contributed by atoms with E-state index in [9.17, 15) is 0 Å². The molecule has 0 fully saturated rings. The minimum absolute atomic E-state index is 0.281. The van der Waals surface area contributed by atoms with Gasteiger partial charge in [0.1, 0.15) is 0 Å². The van der Waals surface area contributed by atoms with Gasteiger partial charge in [0.25, 0.3) is 0 Å². The minimum atomic E-state index is 0.281. The molecule has 0 bridgehead atoms. The molecule has 0 saturated carbocycles. The molecule has 0 aliphatic carbocycles. The highest BCUT2D eigenvalue weighted by Crippen LogP contribution is 2.16. The SMILES string of the molecule is Nc1nc2c(NCc3ccccc3)cccn2n1. The molecule has 5 heteroatoms. The van der Waals surface area contributed by atoms with Crippen LogP contribution >= 0.6 is 0 Å². The van der Waals surface area contributed by atoms with Gasteiger partial charge < -0.3 is 11.1 Å². The van der Waals surface area contributed by atoms with E-state index in [1.54, 1.807) is 4.52 Å². The third-order valence-electron chi connectivity index (χ3n) is 2.70. The highest BCUT2D eigenvalue weighted by atomic mass is 15.3. The van der Waals surface area contributed by atoms with E-state index in [4.69, 9.17) is 5.73 Å². The molecule has 90 valence electrons. The Morgan fingerprint density at radius 1 is 1.11 bits per heavy atom. The van der Waals surface area contributed by atoms with Crippen LogP contribution in [0.2, 0.25) is 0 Å². The van der Waals surface area contributed by atoms with Crippen LogP contribution in [-0.2, 0) is 6.54 Å². The number of nitrogens with zero attached hydrogens (tertiary/aromatic N) is 3. The van der Waals surface area contributed by atoms with Crippen molar-refractivity contribution in [2.75, 3.05) is 11.1 Å². The zero-order chi connectivity index (χ0) is 12.4. The van der Waals surface area contributed by atoms with Crippen molar-refractivity contribution in [2.24, 2.45) is 0 Å². The van der Waals surface area contributed by atoms with E-state index in [0.717, 1.165) is 17.9 Å². The van der Waals surface area contributed by atoms with Crippen molar-refractivity contribution in [1.82, 2.24) is 14.6 Å². The Morgan fingerprint density at radius 2 is 1.94 bits per heavy atom. The number of nitrogen functional groups attached to an aromatic ring is 1. The van der Waals surface area contributed by atoms with Gasteiger partial charge in [-0.25, -0.2) is 4.52 Å². The van der Waals surface area contributed by atoms with Crippen molar-refractivity contribution in [3.63, 3.8) is 0 Å². The summed E-state index contributed by atoms with van der Waals surface area (Å²) in [4.78, 5) is 4.19. The second-order valence-electron chi connectivity index (χ2n) is 4.00.